The molecule has 0 heterocycles. The summed E-state index contributed by atoms with van der Waals surface area (Å²) in [4.78, 5) is 0. The highest BCUT2D eigenvalue weighted by atomic mass is 32.2. The zero-order valence-electron chi connectivity index (χ0n) is 10.9. The van der Waals surface area contributed by atoms with Crippen molar-refractivity contribution in [1.29, 1.82) is 0 Å². The maximum atomic E-state index is 12.2. The Labute approximate surface area is 114 Å². The highest BCUT2D eigenvalue weighted by Crippen LogP contribution is 2.44. The summed E-state index contributed by atoms with van der Waals surface area (Å²) in [5.74, 6) is 1.32. The van der Waals surface area contributed by atoms with Gasteiger partial charge in [-0.25, -0.2) is 13.1 Å². The molecule has 2 bridgehead atoms. The Balaban J connectivity index is 1.66. The predicted octanol–water partition coefficient (Wildman–Crippen LogP) is 1.88. The van der Waals surface area contributed by atoms with Crippen LogP contribution in [0.3, 0.4) is 0 Å². The predicted molar refractivity (Wildman–Crippen MR) is 75.8 cm³/mol. The molecule has 2 saturated carbocycles. The standard InChI is InChI=1S/C14H20N2O2S/c15-13-3-1-2-11(7-13)9-19(17,18)16-14-8-10-4-5-12(14)6-10/h1-3,7,10,12,14,16H,4-6,8-9,15H2. The molecule has 0 spiro atoms. The molecule has 2 aliphatic rings. The summed E-state index contributed by atoms with van der Waals surface area (Å²) >= 11 is 0. The number of benzene rings is 1. The average molecular weight is 280 g/mol. The lowest BCUT2D eigenvalue weighted by Crippen LogP contribution is -2.39. The van der Waals surface area contributed by atoms with Crippen LogP contribution in [0.25, 0.3) is 0 Å². The van der Waals surface area contributed by atoms with Gasteiger partial charge in [0.1, 0.15) is 0 Å². The van der Waals surface area contributed by atoms with Gasteiger partial charge < -0.3 is 5.73 Å². The summed E-state index contributed by atoms with van der Waals surface area (Å²) in [6.07, 6.45) is 4.67. The molecule has 3 unspecified atom stereocenters. The SMILES string of the molecule is Nc1cccc(CS(=O)(=O)NC2CC3CCC2C3)c1. The Bertz CT molecular complexity index is 571. The number of fused-ring (bicyclic) bond motifs is 2. The van der Waals surface area contributed by atoms with Crippen LogP contribution in [0.15, 0.2) is 24.3 Å². The van der Waals surface area contributed by atoms with E-state index in [1.807, 2.05) is 0 Å². The van der Waals surface area contributed by atoms with Crippen molar-refractivity contribution in [3.8, 4) is 0 Å². The molecule has 5 heteroatoms. The van der Waals surface area contributed by atoms with Gasteiger partial charge in [0.2, 0.25) is 10.0 Å². The van der Waals surface area contributed by atoms with E-state index in [9.17, 15) is 8.42 Å². The van der Waals surface area contributed by atoms with Crippen LogP contribution < -0.4 is 10.5 Å². The number of sulfonamides is 1. The van der Waals surface area contributed by atoms with Crippen LogP contribution in [0.1, 0.15) is 31.2 Å². The number of rotatable bonds is 4. The Morgan fingerprint density at radius 3 is 2.74 bits per heavy atom. The molecule has 1 aromatic carbocycles. The van der Waals surface area contributed by atoms with Crippen molar-refractivity contribution in [1.82, 2.24) is 4.72 Å². The van der Waals surface area contributed by atoms with Crippen molar-refractivity contribution in [2.45, 2.75) is 37.5 Å². The van der Waals surface area contributed by atoms with Gasteiger partial charge in [0, 0.05) is 11.7 Å². The summed E-state index contributed by atoms with van der Waals surface area (Å²) in [6, 6.07) is 7.23. The monoisotopic (exact) mass is 280 g/mol. The van der Waals surface area contributed by atoms with E-state index in [0.29, 0.717) is 11.6 Å². The summed E-state index contributed by atoms with van der Waals surface area (Å²) in [7, 11) is -3.26. The first-order valence-corrected chi connectivity index (χ1v) is 8.51. The maximum absolute atomic E-state index is 12.2. The molecular formula is C14H20N2O2S. The minimum Gasteiger partial charge on any atom is -0.399 e. The fourth-order valence-corrected chi connectivity index (χ4v) is 5.02. The van der Waals surface area contributed by atoms with E-state index in [4.69, 9.17) is 5.73 Å². The Morgan fingerprint density at radius 1 is 1.26 bits per heavy atom. The first kappa shape index (κ1) is 12.9. The smallest absolute Gasteiger partial charge is 0.216 e. The Kier molecular flexibility index (Phi) is 3.27. The summed E-state index contributed by atoms with van der Waals surface area (Å²) in [5.41, 5.74) is 7.03. The molecule has 0 aromatic heterocycles. The first-order chi connectivity index (χ1) is 9.02. The van der Waals surface area contributed by atoms with Crippen molar-refractivity contribution in [2.75, 3.05) is 5.73 Å². The average Bonchev–Trinajstić information content (AvgIpc) is 2.89. The van der Waals surface area contributed by atoms with Crippen molar-refractivity contribution >= 4 is 15.7 Å². The third kappa shape index (κ3) is 2.92. The molecule has 1 aromatic rings. The van der Waals surface area contributed by atoms with Gasteiger partial charge in [-0.1, -0.05) is 18.6 Å². The molecule has 0 radical (unpaired) electrons. The molecule has 4 nitrogen and oxygen atoms in total. The second kappa shape index (κ2) is 4.80. The fraction of sp³-hybridized carbons (Fsp3) is 0.571. The molecule has 104 valence electrons. The van der Waals surface area contributed by atoms with Crippen LogP contribution in [0.4, 0.5) is 5.69 Å². The molecule has 2 fully saturated rings. The number of hydrogen-bond donors (Lipinski definition) is 2. The number of anilines is 1. The van der Waals surface area contributed by atoms with Gasteiger partial charge in [-0.15, -0.1) is 0 Å². The lowest BCUT2D eigenvalue weighted by Gasteiger charge is -2.22. The molecule has 19 heavy (non-hydrogen) atoms. The third-order valence-corrected chi connectivity index (χ3v) is 5.75. The van der Waals surface area contributed by atoms with Crippen LogP contribution in [0.5, 0.6) is 0 Å². The lowest BCUT2D eigenvalue weighted by molar-refractivity contribution is 0.390. The highest BCUT2D eigenvalue weighted by molar-refractivity contribution is 7.88. The van der Waals surface area contributed by atoms with Crippen LogP contribution in [0.2, 0.25) is 0 Å². The third-order valence-electron chi connectivity index (χ3n) is 4.38. The zero-order valence-corrected chi connectivity index (χ0v) is 11.7. The second-order valence-corrected chi connectivity index (χ2v) is 7.66. The van der Waals surface area contributed by atoms with Gasteiger partial charge in [0.25, 0.3) is 0 Å². The molecule has 2 aliphatic carbocycles. The Morgan fingerprint density at radius 2 is 2.11 bits per heavy atom. The molecule has 0 amide bonds. The van der Waals surface area contributed by atoms with Gasteiger partial charge >= 0.3 is 0 Å². The van der Waals surface area contributed by atoms with Crippen LogP contribution in [-0.2, 0) is 15.8 Å². The van der Waals surface area contributed by atoms with Crippen molar-refractivity contribution in [3.05, 3.63) is 29.8 Å². The van der Waals surface area contributed by atoms with Gasteiger partial charge in [0.05, 0.1) is 5.75 Å². The Hall–Kier alpha value is -1.07. The van der Waals surface area contributed by atoms with Crippen molar-refractivity contribution in [3.63, 3.8) is 0 Å². The molecule has 0 aliphatic heterocycles. The van der Waals surface area contributed by atoms with E-state index in [1.165, 1.54) is 19.3 Å². The molecule has 3 N–H and O–H groups in total. The van der Waals surface area contributed by atoms with Crippen LogP contribution in [-0.4, -0.2) is 14.5 Å². The number of nitrogens with one attached hydrogen (secondary N) is 1. The largest absolute Gasteiger partial charge is 0.399 e. The summed E-state index contributed by atoms with van der Waals surface area (Å²) < 4.78 is 27.3. The topological polar surface area (TPSA) is 72.2 Å². The van der Waals surface area contributed by atoms with Crippen molar-refractivity contribution < 1.29 is 8.42 Å². The van der Waals surface area contributed by atoms with Gasteiger partial charge in [-0.3, -0.25) is 0 Å². The van der Waals surface area contributed by atoms with E-state index in [1.54, 1.807) is 24.3 Å². The minimum atomic E-state index is -3.26. The summed E-state index contributed by atoms with van der Waals surface area (Å²) in [5, 5.41) is 0. The van der Waals surface area contributed by atoms with E-state index in [0.717, 1.165) is 17.9 Å². The van der Waals surface area contributed by atoms with Crippen LogP contribution >= 0.6 is 0 Å². The number of nitrogens with two attached hydrogens (primary N) is 1. The molecule has 3 rings (SSSR count). The quantitative estimate of drug-likeness (QED) is 0.827. The normalized spacial score (nSPS) is 29.8. The summed E-state index contributed by atoms with van der Waals surface area (Å²) in [6.45, 7) is 0. The van der Waals surface area contributed by atoms with E-state index in [2.05, 4.69) is 4.72 Å². The molecule has 0 saturated heterocycles. The van der Waals surface area contributed by atoms with Gasteiger partial charge in [-0.2, -0.15) is 0 Å². The van der Waals surface area contributed by atoms with Crippen LogP contribution in [0, 0.1) is 11.8 Å². The number of nitrogen functional groups attached to an aromatic ring is 1. The number of hydrogen-bond acceptors (Lipinski definition) is 3. The minimum absolute atomic E-state index is 0.0198. The van der Waals surface area contributed by atoms with E-state index >= 15 is 0 Å². The lowest BCUT2D eigenvalue weighted by atomic mass is 9.96. The first-order valence-electron chi connectivity index (χ1n) is 6.86. The van der Waals surface area contributed by atoms with E-state index < -0.39 is 10.0 Å². The van der Waals surface area contributed by atoms with E-state index in [-0.39, 0.29) is 11.8 Å². The van der Waals surface area contributed by atoms with Gasteiger partial charge in [0.15, 0.2) is 0 Å². The molecule has 3 atom stereocenters. The second-order valence-electron chi connectivity index (χ2n) is 5.90. The van der Waals surface area contributed by atoms with Crippen molar-refractivity contribution in [2.24, 2.45) is 11.8 Å². The zero-order chi connectivity index (χ0) is 13.5. The van der Waals surface area contributed by atoms with Gasteiger partial charge in [-0.05, 0) is 48.8 Å². The highest BCUT2D eigenvalue weighted by Gasteiger charge is 2.40. The molecular weight excluding hydrogens is 260 g/mol. The fourth-order valence-electron chi connectivity index (χ4n) is 3.56. The maximum Gasteiger partial charge on any atom is 0.216 e.